The van der Waals surface area contributed by atoms with E-state index in [0.717, 1.165) is 31.7 Å². The molecule has 1 fully saturated rings. The Kier molecular flexibility index (Phi) is 6.39. The van der Waals surface area contributed by atoms with Crippen LogP contribution in [0.4, 0.5) is 9.18 Å². The van der Waals surface area contributed by atoms with E-state index in [0.29, 0.717) is 23.9 Å². The molecule has 0 aliphatic carbocycles. The van der Waals surface area contributed by atoms with E-state index >= 15 is 0 Å². The molecule has 2 heterocycles. The fraction of sp³-hybridized carbons (Fsp3) is 0.421. The molecule has 0 radical (unpaired) electrons. The predicted molar refractivity (Wildman–Crippen MR) is 100 cm³/mol. The molecule has 3 rings (SSSR count). The Morgan fingerprint density at radius 3 is 2.60 bits per heavy atom. The summed E-state index contributed by atoms with van der Waals surface area (Å²) in [6, 6.07) is 11.4. The Balaban J connectivity index is 1.31. The number of carbonyl (C=O) groups is 1. The van der Waals surface area contributed by atoms with Crippen molar-refractivity contribution in [2.45, 2.75) is 24.6 Å². The van der Waals surface area contributed by atoms with Crippen molar-refractivity contribution in [2.75, 3.05) is 25.4 Å². The number of urea groups is 1. The molecule has 1 aromatic heterocycles. The van der Waals surface area contributed by atoms with Crippen LogP contribution in [0.1, 0.15) is 24.4 Å². The van der Waals surface area contributed by atoms with Crippen LogP contribution < -0.4 is 5.32 Å². The fourth-order valence-electron chi connectivity index (χ4n) is 3.10. The quantitative estimate of drug-likeness (QED) is 0.792. The molecule has 1 aromatic carbocycles. The maximum atomic E-state index is 13.5. The third-order valence-electron chi connectivity index (χ3n) is 4.54. The minimum Gasteiger partial charge on any atom is -0.351 e. The molecule has 2 amide bonds. The molecule has 6 heteroatoms. The van der Waals surface area contributed by atoms with Crippen molar-refractivity contribution in [2.24, 2.45) is 0 Å². The lowest BCUT2D eigenvalue weighted by atomic mass is 10.1. The zero-order valence-electron chi connectivity index (χ0n) is 14.2. The van der Waals surface area contributed by atoms with Crippen LogP contribution in [-0.2, 0) is 5.75 Å². The summed E-state index contributed by atoms with van der Waals surface area (Å²) in [5.74, 6) is 1.25. The summed E-state index contributed by atoms with van der Waals surface area (Å²) in [7, 11) is 0. The number of aromatic nitrogens is 1. The first-order valence-electron chi connectivity index (χ1n) is 8.70. The summed E-state index contributed by atoms with van der Waals surface area (Å²) in [4.78, 5) is 14.1. The Labute approximate surface area is 152 Å². The number of rotatable bonds is 6. The average molecular weight is 361 g/mol. The number of nitrogens with one attached hydrogen (secondary N) is 1. The maximum absolute atomic E-state index is 13.5. The number of hydrogen-bond donors (Lipinski definition) is 1. The molecule has 0 bridgehead atoms. The molecule has 1 saturated heterocycles. The number of halogens is 1. The Bertz CT molecular complexity index is 669. The highest BCUT2D eigenvalue weighted by Crippen LogP contribution is 2.22. The number of thioether (sulfide) groups is 1. The molecule has 1 aliphatic rings. The van der Waals surface area contributed by atoms with Gasteiger partial charge in [-0.2, -0.15) is 11.8 Å². The molecule has 2 aromatic rings. The second kappa shape index (κ2) is 8.94. The van der Waals surface area contributed by atoms with Crippen molar-refractivity contribution >= 4 is 17.8 Å². The third kappa shape index (κ3) is 5.01. The highest BCUT2D eigenvalue weighted by atomic mass is 32.2. The molecule has 0 saturated carbocycles. The van der Waals surface area contributed by atoms with E-state index in [9.17, 15) is 9.18 Å². The van der Waals surface area contributed by atoms with Gasteiger partial charge in [0.1, 0.15) is 5.82 Å². The summed E-state index contributed by atoms with van der Waals surface area (Å²) < 4.78 is 15.7. The zero-order valence-corrected chi connectivity index (χ0v) is 15.1. The van der Waals surface area contributed by atoms with E-state index < -0.39 is 0 Å². The van der Waals surface area contributed by atoms with Crippen LogP contribution in [0.15, 0.2) is 48.8 Å². The molecular weight excluding hydrogens is 337 g/mol. The number of amides is 2. The van der Waals surface area contributed by atoms with Crippen molar-refractivity contribution in [1.29, 1.82) is 0 Å². The van der Waals surface area contributed by atoms with Crippen molar-refractivity contribution in [3.05, 3.63) is 60.2 Å². The van der Waals surface area contributed by atoms with Gasteiger partial charge in [0.2, 0.25) is 0 Å². The van der Waals surface area contributed by atoms with Crippen LogP contribution in [-0.4, -0.2) is 40.9 Å². The lowest BCUT2D eigenvalue weighted by Crippen LogP contribution is -2.45. The number of benzene rings is 1. The Morgan fingerprint density at radius 1 is 1.16 bits per heavy atom. The van der Waals surface area contributed by atoms with Crippen molar-refractivity contribution in [3.63, 3.8) is 0 Å². The first-order chi connectivity index (χ1) is 12.2. The number of piperidine rings is 1. The Morgan fingerprint density at radius 2 is 1.88 bits per heavy atom. The average Bonchev–Trinajstić information content (AvgIpc) is 3.17. The highest BCUT2D eigenvalue weighted by Gasteiger charge is 2.22. The van der Waals surface area contributed by atoms with Gasteiger partial charge in [-0.25, -0.2) is 9.18 Å². The van der Waals surface area contributed by atoms with Gasteiger partial charge in [-0.3, -0.25) is 0 Å². The van der Waals surface area contributed by atoms with E-state index in [4.69, 9.17) is 0 Å². The maximum Gasteiger partial charge on any atom is 0.317 e. The first-order valence-corrected chi connectivity index (χ1v) is 9.86. The summed E-state index contributed by atoms with van der Waals surface area (Å²) >= 11 is 1.63. The molecule has 25 heavy (non-hydrogen) atoms. The Hall–Kier alpha value is -1.95. The molecule has 0 unspecified atom stereocenters. The smallest absolute Gasteiger partial charge is 0.317 e. The van der Waals surface area contributed by atoms with E-state index in [1.165, 1.54) is 6.07 Å². The van der Waals surface area contributed by atoms with Crippen LogP contribution >= 0.6 is 11.8 Å². The van der Waals surface area contributed by atoms with Crippen LogP contribution in [0.25, 0.3) is 0 Å². The van der Waals surface area contributed by atoms with Gasteiger partial charge in [0, 0.05) is 49.6 Å². The van der Waals surface area contributed by atoms with Gasteiger partial charge in [0.25, 0.3) is 0 Å². The second-order valence-corrected chi connectivity index (χ2v) is 7.33. The molecule has 134 valence electrons. The standard InChI is InChI=1S/C19H24FN3OS/c20-18-6-2-1-5-16(18)15-25-14-9-21-19(24)23-12-7-17(8-13-23)22-10-3-4-11-22/h1-6,10-11,17H,7-9,12-15H2,(H,21,24). The van der Waals surface area contributed by atoms with Gasteiger partial charge < -0.3 is 14.8 Å². The first kappa shape index (κ1) is 17.9. The van der Waals surface area contributed by atoms with Crippen molar-refractivity contribution in [3.8, 4) is 0 Å². The van der Waals surface area contributed by atoms with Gasteiger partial charge in [-0.05, 0) is 36.6 Å². The SMILES string of the molecule is O=C(NCCSCc1ccccc1F)N1CCC(n2cccc2)CC1. The topological polar surface area (TPSA) is 37.3 Å². The molecule has 1 N–H and O–H groups in total. The number of carbonyl (C=O) groups excluding carboxylic acids is 1. The minimum absolute atomic E-state index is 0.0115. The number of likely N-dealkylation sites (tertiary alicyclic amines) is 1. The predicted octanol–water partition coefficient (Wildman–Crippen LogP) is 3.91. The lowest BCUT2D eigenvalue weighted by Gasteiger charge is -2.32. The van der Waals surface area contributed by atoms with E-state index in [-0.39, 0.29) is 11.8 Å². The van der Waals surface area contributed by atoms with E-state index in [2.05, 4.69) is 22.3 Å². The van der Waals surface area contributed by atoms with Gasteiger partial charge in [-0.1, -0.05) is 18.2 Å². The highest BCUT2D eigenvalue weighted by molar-refractivity contribution is 7.98. The zero-order chi connectivity index (χ0) is 17.5. The second-order valence-electron chi connectivity index (χ2n) is 6.22. The molecule has 0 spiro atoms. The summed E-state index contributed by atoms with van der Waals surface area (Å²) in [5.41, 5.74) is 0.714. The fourth-order valence-corrected chi connectivity index (χ4v) is 3.94. The lowest BCUT2D eigenvalue weighted by molar-refractivity contribution is 0.172. The third-order valence-corrected chi connectivity index (χ3v) is 5.55. The van der Waals surface area contributed by atoms with E-state index in [1.807, 2.05) is 23.1 Å². The van der Waals surface area contributed by atoms with Gasteiger partial charge >= 0.3 is 6.03 Å². The largest absolute Gasteiger partial charge is 0.351 e. The summed E-state index contributed by atoms with van der Waals surface area (Å²) in [6.45, 7) is 2.18. The molecule has 4 nitrogen and oxygen atoms in total. The summed E-state index contributed by atoms with van der Waals surface area (Å²) in [5, 5.41) is 2.97. The van der Waals surface area contributed by atoms with Crippen LogP contribution in [0.5, 0.6) is 0 Å². The van der Waals surface area contributed by atoms with Gasteiger partial charge in [-0.15, -0.1) is 0 Å². The number of nitrogens with zero attached hydrogens (tertiary/aromatic N) is 2. The van der Waals surface area contributed by atoms with Crippen LogP contribution in [0, 0.1) is 5.82 Å². The van der Waals surface area contributed by atoms with Crippen molar-refractivity contribution in [1.82, 2.24) is 14.8 Å². The van der Waals surface area contributed by atoms with E-state index in [1.54, 1.807) is 23.9 Å². The monoisotopic (exact) mass is 361 g/mol. The van der Waals surface area contributed by atoms with Crippen LogP contribution in [0.2, 0.25) is 0 Å². The summed E-state index contributed by atoms with van der Waals surface area (Å²) in [6.07, 6.45) is 6.16. The molecule has 1 aliphatic heterocycles. The van der Waals surface area contributed by atoms with Gasteiger partial charge in [0.15, 0.2) is 0 Å². The van der Waals surface area contributed by atoms with Crippen LogP contribution in [0.3, 0.4) is 0 Å². The minimum atomic E-state index is -0.162. The number of hydrogen-bond acceptors (Lipinski definition) is 2. The normalized spacial score (nSPS) is 15.3. The van der Waals surface area contributed by atoms with Gasteiger partial charge in [0.05, 0.1) is 0 Å². The molecule has 0 atom stereocenters. The van der Waals surface area contributed by atoms with Crippen molar-refractivity contribution < 1.29 is 9.18 Å². The molecular formula is C19H24FN3OS.